The maximum atomic E-state index is 13.4. The second kappa shape index (κ2) is 12.8. The fraction of sp³-hybridized carbons (Fsp3) is 0.412. The Morgan fingerprint density at radius 1 is 0.976 bits per heavy atom. The molecule has 3 atom stereocenters. The largest absolute Gasteiger partial charge is 0.415 e. The van der Waals surface area contributed by atoms with Crippen molar-refractivity contribution in [2.24, 2.45) is 5.92 Å². The van der Waals surface area contributed by atoms with Gasteiger partial charge in [-0.25, -0.2) is 4.79 Å². The molecule has 0 saturated heterocycles. The predicted molar refractivity (Wildman–Crippen MR) is 161 cm³/mol. The molecule has 8 heteroatoms. The van der Waals surface area contributed by atoms with Gasteiger partial charge in [0.15, 0.2) is 0 Å². The summed E-state index contributed by atoms with van der Waals surface area (Å²) in [5.74, 6) is 0.598. The lowest BCUT2D eigenvalue weighted by atomic mass is 9.74. The Morgan fingerprint density at radius 2 is 1.67 bits per heavy atom. The van der Waals surface area contributed by atoms with E-state index in [1.54, 1.807) is 12.1 Å². The van der Waals surface area contributed by atoms with E-state index in [0.717, 1.165) is 66.3 Å². The van der Waals surface area contributed by atoms with Gasteiger partial charge in [-0.15, -0.1) is 0 Å². The number of nitro groups is 1. The van der Waals surface area contributed by atoms with E-state index in [-0.39, 0.29) is 41.6 Å². The Labute approximate surface area is 247 Å². The molecule has 5 rings (SSSR count). The highest BCUT2D eigenvalue weighted by atomic mass is 16.6. The molecule has 220 valence electrons. The molecular formula is C34H39N3O5. The average Bonchev–Trinajstić information content (AvgIpc) is 3.84. The minimum Gasteiger partial charge on any atom is -0.410 e. The van der Waals surface area contributed by atoms with Gasteiger partial charge in [0, 0.05) is 30.6 Å². The van der Waals surface area contributed by atoms with Crippen molar-refractivity contribution in [1.82, 2.24) is 10.2 Å². The van der Waals surface area contributed by atoms with Gasteiger partial charge in [0.25, 0.3) is 5.69 Å². The summed E-state index contributed by atoms with van der Waals surface area (Å²) in [5, 5.41) is 14.1. The Kier molecular flexibility index (Phi) is 8.90. The molecule has 2 aliphatic carbocycles. The summed E-state index contributed by atoms with van der Waals surface area (Å²) in [6.45, 7) is 6.36. The van der Waals surface area contributed by atoms with Crippen molar-refractivity contribution >= 4 is 17.7 Å². The minimum absolute atomic E-state index is 0.0173. The van der Waals surface area contributed by atoms with Crippen LogP contribution in [0.3, 0.4) is 0 Å². The standard InChI is InChI=1S/C34H39N3O5/c1-22-7-6-10-32(23(22)2)42-34(39)36(28-19-20-28)21-25-11-13-27(14-12-25)30-8-4-5-9-31(30)33(38)35-24(3)26-15-17-29(18-16-26)37(40)41/h6-7,10-18,24,28,30-31H,4-5,8-9,19-21H2,1-3H3,(H,35,38)/t24-,30+,31-/m0/s1. The van der Waals surface area contributed by atoms with Crippen molar-refractivity contribution in [1.29, 1.82) is 0 Å². The normalized spacial score (nSPS) is 19.0. The number of nitro benzene ring substituents is 1. The first-order valence-corrected chi connectivity index (χ1v) is 14.9. The molecule has 0 radical (unpaired) electrons. The predicted octanol–water partition coefficient (Wildman–Crippen LogP) is 7.53. The number of nitrogens with one attached hydrogen (secondary N) is 1. The van der Waals surface area contributed by atoms with Crippen molar-refractivity contribution in [3.05, 3.63) is 105 Å². The van der Waals surface area contributed by atoms with Crippen LogP contribution < -0.4 is 10.1 Å². The maximum absolute atomic E-state index is 13.4. The molecule has 0 aromatic heterocycles. The van der Waals surface area contributed by atoms with E-state index in [4.69, 9.17) is 4.74 Å². The third kappa shape index (κ3) is 6.81. The lowest BCUT2D eigenvalue weighted by Crippen LogP contribution is -2.37. The first-order valence-electron chi connectivity index (χ1n) is 14.9. The van der Waals surface area contributed by atoms with E-state index in [1.807, 2.05) is 43.9 Å². The van der Waals surface area contributed by atoms with Crippen LogP contribution in [0.1, 0.15) is 85.2 Å². The molecule has 0 bridgehead atoms. The van der Waals surface area contributed by atoms with Crippen LogP contribution in [0.25, 0.3) is 0 Å². The summed E-state index contributed by atoms with van der Waals surface area (Å²) in [6.07, 6.45) is 5.51. The summed E-state index contributed by atoms with van der Waals surface area (Å²) < 4.78 is 5.81. The third-order valence-electron chi connectivity index (χ3n) is 8.80. The number of nitrogens with zero attached hydrogens (tertiary/aromatic N) is 2. The molecule has 0 unspecified atom stereocenters. The van der Waals surface area contributed by atoms with Gasteiger partial charge in [-0.2, -0.15) is 0 Å². The number of aryl methyl sites for hydroxylation is 1. The highest BCUT2D eigenvalue weighted by Gasteiger charge is 2.35. The molecule has 3 aromatic carbocycles. The molecule has 2 fully saturated rings. The molecule has 2 amide bonds. The first kappa shape index (κ1) is 29.3. The van der Waals surface area contributed by atoms with E-state index >= 15 is 0 Å². The third-order valence-corrected chi connectivity index (χ3v) is 8.80. The van der Waals surface area contributed by atoms with Gasteiger partial charge in [-0.05, 0) is 86.3 Å². The summed E-state index contributed by atoms with van der Waals surface area (Å²) >= 11 is 0. The smallest absolute Gasteiger partial charge is 0.410 e. The van der Waals surface area contributed by atoms with E-state index in [2.05, 4.69) is 29.6 Å². The Balaban J connectivity index is 1.23. The fourth-order valence-corrected chi connectivity index (χ4v) is 5.92. The van der Waals surface area contributed by atoms with Crippen molar-refractivity contribution < 1.29 is 19.2 Å². The van der Waals surface area contributed by atoms with Crippen molar-refractivity contribution in [2.75, 3.05) is 0 Å². The van der Waals surface area contributed by atoms with Gasteiger partial charge in [-0.1, -0.05) is 61.4 Å². The van der Waals surface area contributed by atoms with Gasteiger partial charge >= 0.3 is 6.09 Å². The van der Waals surface area contributed by atoms with Crippen LogP contribution in [0.5, 0.6) is 5.75 Å². The van der Waals surface area contributed by atoms with Crippen molar-refractivity contribution in [2.45, 2.75) is 83.8 Å². The molecule has 3 aromatic rings. The summed E-state index contributed by atoms with van der Waals surface area (Å²) in [5.41, 5.74) is 5.10. The zero-order valence-corrected chi connectivity index (χ0v) is 24.5. The molecular weight excluding hydrogens is 530 g/mol. The highest BCUT2D eigenvalue weighted by Crippen LogP contribution is 2.39. The molecule has 0 spiro atoms. The van der Waals surface area contributed by atoms with Crippen molar-refractivity contribution in [3.63, 3.8) is 0 Å². The Morgan fingerprint density at radius 3 is 2.33 bits per heavy atom. The Bertz CT molecular complexity index is 1430. The zero-order chi connectivity index (χ0) is 29.8. The average molecular weight is 570 g/mol. The van der Waals surface area contributed by atoms with Crippen LogP contribution >= 0.6 is 0 Å². The summed E-state index contributed by atoms with van der Waals surface area (Å²) in [4.78, 5) is 39.0. The molecule has 0 aliphatic heterocycles. The van der Waals surface area contributed by atoms with Crippen LogP contribution in [0.15, 0.2) is 66.7 Å². The zero-order valence-electron chi connectivity index (χ0n) is 24.5. The van der Waals surface area contributed by atoms with E-state index in [1.165, 1.54) is 12.1 Å². The molecule has 1 N–H and O–H groups in total. The molecule has 42 heavy (non-hydrogen) atoms. The quantitative estimate of drug-likeness (QED) is 0.212. The maximum Gasteiger partial charge on any atom is 0.415 e. The van der Waals surface area contributed by atoms with Crippen LogP contribution in [0.2, 0.25) is 0 Å². The molecule has 0 heterocycles. The summed E-state index contributed by atoms with van der Waals surface area (Å²) in [7, 11) is 0. The molecule has 8 nitrogen and oxygen atoms in total. The number of benzene rings is 3. The number of ether oxygens (including phenoxy) is 1. The van der Waals surface area contributed by atoms with Gasteiger partial charge < -0.3 is 15.0 Å². The number of hydrogen-bond acceptors (Lipinski definition) is 5. The molecule has 2 aliphatic rings. The molecule has 2 saturated carbocycles. The van der Waals surface area contributed by atoms with Gasteiger partial charge in [0.1, 0.15) is 5.75 Å². The summed E-state index contributed by atoms with van der Waals surface area (Å²) in [6, 6.07) is 20.4. The SMILES string of the molecule is Cc1cccc(OC(=O)N(Cc2ccc([C@H]3CCCC[C@@H]3C(=O)N[C@@H](C)c3ccc([N+](=O)[O-])cc3)cc2)C2CC2)c1C. The number of carbonyl (C=O) groups is 2. The Hall–Kier alpha value is -4.20. The lowest BCUT2D eigenvalue weighted by Gasteiger charge is -2.32. The monoisotopic (exact) mass is 569 g/mol. The minimum atomic E-state index is -0.424. The number of rotatable bonds is 9. The van der Waals surface area contributed by atoms with Crippen LogP contribution in [-0.4, -0.2) is 27.9 Å². The van der Waals surface area contributed by atoms with E-state index < -0.39 is 4.92 Å². The number of amides is 2. The van der Waals surface area contributed by atoms with Crippen LogP contribution in [-0.2, 0) is 11.3 Å². The first-order chi connectivity index (χ1) is 20.2. The second-order valence-electron chi connectivity index (χ2n) is 11.7. The lowest BCUT2D eigenvalue weighted by molar-refractivity contribution is -0.384. The number of hydrogen-bond donors (Lipinski definition) is 1. The van der Waals surface area contributed by atoms with Crippen LogP contribution in [0, 0.1) is 29.9 Å². The van der Waals surface area contributed by atoms with Gasteiger partial charge in [-0.3, -0.25) is 14.9 Å². The van der Waals surface area contributed by atoms with E-state index in [9.17, 15) is 19.7 Å². The van der Waals surface area contributed by atoms with E-state index in [0.29, 0.717) is 12.3 Å². The fourth-order valence-electron chi connectivity index (χ4n) is 5.92. The number of carbonyl (C=O) groups excluding carboxylic acids is 2. The van der Waals surface area contributed by atoms with Crippen molar-refractivity contribution in [3.8, 4) is 5.75 Å². The number of non-ortho nitro benzene ring substituents is 1. The second-order valence-corrected chi connectivity index (χ2v) is 11.7. The highest BCUT2D eigenvalue weighted by molar-refractivity contribution is 5.80. The van der Waals surface area contributed by atoms with Gasteiger partial charge in [0.2, 0.25) is 5.91 Å². The topological polar surface area (TPSA) is 102 Å². The van der Waals surface area contributed by atoms with Crippen LogP contribution in [0.4, 0.5) is 10.5 Å². The van der Waals surface area contributed by atoms with Gasteiger partial charge in [0.05, 0.1) is 11.0 Å².